The Morgan fingerprint density at radius 2 is 1.66 bits per heavy atom. The number of fused-ring (bicyclic) bond motifs is 1. The first-order valence-electron chi connectivity index (χ1n) is 9.42. The third-order valence-electron chi connectivity index (χ3n) is 4.78. The molecular formula is C23H22BrClN4. The minimum Gasteiger partial charge on any atom is -0.340 e. The SMILES string of the molecule is Cc1nn2c(Nc3ccc(Br)cc3)cc(C(C)(C)C)nc2c1-c1ccc(Cl)cc1. The molecule has 0 bridgehead atoms. The van der Waals surface area contributed by atoms with E-state index in [1.807, 2.05) is 60.0 Å². The van der Waals surface area contributed by atoms with Crippen LogP contribution in [0.5, 0.6) is 0 Å². The highest BCUT2D eigenvalue weighted by Crippen LogP contribution is 2.33. The molecule has 4 aromatic rings. The maximum absolute atomic E-state index is 6.09. The van der Waals surface area contributed by atoms with Gasteiger partial charge in [-0.15, -0.1) is 0 Å². The van der Waals surface area contributed by atoms with Crippen LogP contribution >= 0.6 is 27.5 Å². The molecule has 0 fully saturated rings. The van der Waals surface area contributed by atoms with Gasteiger partial charge in [0.1, 0.15) is 5.82 Å². The molecule has 0 spiro atoms. The third kappa shape index (κ3) is 4.02. The highest BCUT2D eigenvalue weighted by molar-refractivity contribution is 9.10. The van der Waals surface area contributed by atoms with E-state index >= 15 is 0 Å². The second-order valence-electron chi connectivity index (χ2n) is 8.11. The molecule has 0 atom stereocenters. The average molecular weight is 470 g/mol. The van der Waals surface area contributed by atoms with Gasteiger partial charge < -0.3 is 5.32 Å². The standard InChI is InChI=1S/C23H22BrClN4/c1-14-21(15-5-9-17(25)10-6-15)22-27-19(23(2,3)4)13-20(29(22)28-14)26-18-11-7-16(24)8-12-18/h5-13,26H,1-4H3. The lowest BCUT2D eigenvalue weighted by Crippen LogP contribution is -2.16. The number of aryl methyl sites for hydroxylation is 1. The lowest BCUT2D eigenvalue weighted by atomic mass is 9.92. The van der Waals surface area contributed by atoms with Crippen LogP contribution in [-0.2, 0) is 5.41 Å². The van der Waals surface area contributed by atoms with Crippen LogP contribution < -0.4 is 5.32 Å². The molecule has 0 aliphatic rings. The molecule has 0 radical (unpaired) electrons. The average Bonchev–Trinajstić information content (AvgIpc) is 3.00. The summed E-state index contributed by atoms with van der Waals surface area (Å²) >= 11 is 9.58. The molecule has 2 aromatic carbocycles. The van der Waals surface area contributed by atoms with Gasteiger partial charge in [-0.2, -0.15) is 9.61 Å². The summed E-state index contributed by atoms with van der Waals surface area (Å²) in [5.41, 5.74) is 5.71. The summed E-state index contributed by atoms with van der Waals surface area (Å²) in [5.74, 6) is 0.880. The summed E-state index contributed by atoms with van der Waals surface area (Å²) in [4.78, 5) is 5.00. The Labute approximate surface area is 184 Å². The Bertz CT molecular complexity index is 1170. The zero-order valence-electron chi connectivity index (χ0n) is 16.8. The van der Waals surface area contributed by atoms with E-state index in [-0.39, 0.29) is 5.41 Å². The fraction of sp³-hybridized carbons (Fsp3) is 0.217. The summed E-state index contributed by atoms with van der Waals surface area (Å²) in [6.45, 7) is 8.51. The number of benzene rings is 2. The lowest BCUT2D eigenvalue weighted by molar-refractivity contribution is 0.569. The lowest BCUT2D eigenvalue weighted by Gasteiger charge is -2.20. The molecule has 0 unspecified atom stereocenters. The fourth-order valence-electron chi connectivity index (χ4n) is 3.23. The number of halogens is 2. The van der Waals surface area contributed by atoms with Crippen molar-refractivity contribution >= 4 is 44.7 Å². The first kappa shape index (κ1) is 19.9. The molecule has 0 aliphatic carbocycles. The second kappa shape index (κ2) is 7.47. The molecule has 0 saturated carbocycles. The van der Waals surface area contributed by atoms with Gasteiger partial charge in [-0.25, -0.2) is 4.98 Å². The minimum atomic E-state index is -0.104. The van der Waals surface area contributed by atoms with Crippen LogP contribution in [0.1, 0.15) is 32.2 Å². The van der Waals surface area contributed by atoms with Crippen LogP contribution in [-0.4, -0.2) is 14.6 Å². The summed E-state index contributed by atoms with van der Waals surface area (Å²) < 4.78 is 2.93. The molecule has 29 heavy (non-hydrogen) atoms. The summed E-state index contributed by atoms with van der Waals surface area (Å²) in [6.07, 6.45) is 0. The predicted molar refractivity (Wildman–Crippen MR) is 124 cm³/mol. The molecule has 0 saturated heterocycles. The summed E-state index contributed by atoms with van der Waals surface area (Å²) in [6, 6.07) is 18.0. The number of rotatable bonds is 3. The maximum Gasteiger partial charge on any atom is 0.165 e. The van der Waals surface area contributed by atoms with Crippen molar-refractivity contribution in [3.8, 4) is 11.1 Å². The number of aromatic nitrogens is 3. The quantitative estimate of drug-likeness (QED) is 0.346. The van der Waals surface area contributed by atoms with Crippen molar-refractivity contribution in [2.45, 2.75) is 33.1 Å². The van der Waals surface area contributed by atoms with Gasteiger partial charge in [-0.1, -0.05) is 60.4 Å². The molecule has 6 heteroatoms. The van der Waals surface area contributed by atoms with E-state index in [1.165, 1.54) is 0 Å². The first-order valence-corrected chi connectivity index (χ1v) is 10.6. The maximum atomic E-state index is 6.09. The second-order valence-corrected chi connectivity index (χ2v) is 9.46. The van der Waals surface area contributed by atoms with Gasteiger partial charge in [-0.3, -0.25) is 0 Å². The van der Waals surface area contributed by atoms with E-state index in [0.717, 1.165) is 44.1 Å². The van der Waals surface area contributed by atoms with Crippen molar-refractivity contribution in [2.24, 2.45) is 0 Å². The molecule has 4 rings (SSSR count). The highest BCUT2D eigenvalue weighted by atomic mass is 79.9. The van der Waals surface area contributed by atoms with Gasteiger partial charge in [0.15, 0.2) is 5.65 Å². The largest absolute Gasteiger partial charge is 0.340 e. The number of hydrogen-bond acceptors (Lipinski definition) is 3. The van der Waals surface area contributed by atoms with Gasteiger partial charge in [0, 0.05) is 32.2 Å². The monoisotopic (exact) mass is 468 g/mol. The van der Waals surface area contributed by atoms with Crippen LogP contribution in [0, 0.1) is 6.92 Å². The van der Waals surface area contributed by atoms with E-state index in [4.69, 9.17) is 21.7 Å². The van der Waals surface area contributed by atoms with Crippen molar-refractivity contribution in [3.63, 3.8) is 0 Å². The van der Waals surface area contributed by atoms with Crippen LogP contribution in [0.3, 0.4) is 0 Å². The van der Waals surface area contributed by atoms with E-state index in [1.54, 1.807) is 0 Å². The normalized spacial score (nSPS) is 11.8. The molecule has 2 heterocycles. The Kier molecular flexibility index (Phi) is 5.13. The molecular weight excluding hydrogens is 448 g/mol. The van der Waals surface area contributed by atoms with Crippen molar-refractivity contribution in [1.82, 2.24) is 14.6 Å². The molecule has 4 nitrogen and oxygen atoms in total. The number of nitrogens with zero attached hydrogens (tertiary/aromatic N) is 3. The Morgan fingerprint density at radius 1 is 1.00 bits per heavy atom. The highest BCUT2D eigenvalue weighted by Gasteiger charge is 2.22. The number of hydrogen-bond donors (Lipinski definition) is 1. The Hall–Kier alpha value is -2.37. The van der Waals surface area contributed by atoms with E-state index in [0.29, 0.717) is 5.02 Å². The minimum absolute atomic E-state index is 0.104. The molecule has 1 N–H and O–H groups in total. The van der Waals surface area contributed by atoms with Crippen molar-refractivity contribution < 1.29 is 0 Å². The molecule has 0 aliphatic heterocycles. The Balaban J connectivity index is 1.94. The van der Waals surface area contributed by atoms with Crippen LogP contribution in [0.15, 0.2) is 59.1 Å². The first-order chi connectivity index (χ1) is 13.7. The predicted octanol–water partition coefficient (Wildman–Crippen LogP) is 7.16. The Morgan fingerprint density at radius 3 is 2.28 bits per heavy atom. The number of nitrogens with one attached hydrogen (secondary N) is 1. The zero-order chi connectivity index (χ0) is 20.8. The fourth-order valence-corrected chi connectivity index (χ4v) is 3.62. The van der Waals surface area contributed by atoms with Crippen molar-refractivity contribution in [3.05, 3.63) is 75.5 Å². The van der Waals surface area contributed by atoms with Crippen molar-refractivity contribution in [2.75, 3.05) is 5.32 Å². The van der Waals surface area contributed by atoms with Gasteiger partial charge >= 0.3 is 0 Å². The third-order valence-corrected chi connectivity index (χ3v) is 5.56. The van der Waals surface area contributed by atoms with Crippen LogP contribution in [0.2, 0.25) is 5.02 Å². The molecule has 0 amide bonds. The van der Waals surface area contributed by atoms with Crippen LogP contribution in [0.25, 0.3) is 16.8 Å². The van der Waals surface area contributed by atoms with Gasteiger partial charge in [-0.05, 0) is 48.9 Å². The number of anilines is 2. The van der Waals surface area contributed by atoms with Gasteiger partial charge in [0.05, 0.1) is 11.4 Å². The van der Waals surface area contributed by atoms with E-state index in [9.17, 15) is 0 Å². The molecule has 148 valence electrons. The topological polar surface area (TPSA) is 42.2 Å². The van der Waals surface area contributed by atoms with Crippen LogP contribution in [0.4, 0.5) is 11.5 Å². The van der Waals surface area contributed by atoms with E-state index in [2.05, 4.69) is 48.1 Å². The molecule has 2 aromatic heterocycles. The van der Waals surface area contributed by atoms with Gasteiger partial charge in [0.25, 0.3) is 0 Å². The smallest absolute Gasteiger partial charge is 0.165 e. The summed E-state index contributed by atoms with van der Waals surface area (Å²) in [5, 5.41) is 9.02. The van der Waals surface area contributed by atoms with Crippen molar-refractivity contribution in [1.29, 1.82) is 0 Å². The van der Waals surface area contributed by atoms with E-state index < -0.39 is 0 Å². The summed E-state index contributed by atoms with van der Waals surface area (Å²) in [7, 11) is 0. The van der Waals surface area contributed by atoms with Gasteiger partial charge in [0.2, 0.25) is 0 Å². The zero-order valence-corrected chi connectivity index (χ0v) is 19.1.